The molecule has 0 saturated carbocycles. The molecule has 1 atom stereocenters. The maximum absolute atomic E-state index is 4.63. The van der Waals surface area contributed by atoms with E-state index in [1.165, 1.54) is 50.5 Å². The van der Waals surface area contributed by atoms with Crippen molar-refractivity contribution in [2.24, 2.45) is 0 Å². The summed E-state index contributed by atoms with van der Waals surface area (Å²) in [4.78, 5) is 9.26. The van der Waals surface area contributed by atoms with Crippen molar-refractivity contribution in [2.45, 2.75) is 84.5 Å². The van der Waals surface area contributed by atoms with Gasteiger partial charge in [-0.1, -0.05) is 59.8 Å². The number of unbranched alkanes of at least 4 members (excludes halogenated alkanes) is 3. The van der Waals surface area contributed by atoms with Crippen LogP contribution < -0.4 is 0 Å². The van der Waals surface area contributed by atoms with E-state index in [9.17, 15) is 0 Å². The van der Waals surface area contributed by atoms with Crippen LogP contribution >= 0.6 is 0 Å². The zero-order chi connectivity index (χ0) is 14.1. The fourth-order valence-electron chi connectivity index (χ4n) is 2.69. The molecule has 0 N–H and O–H groups in total. The third kappa shape index (κ3) is 4.93. The SMILES string of the molecule is CCCCCCC(C)(CCC)c1ncc(CC)cn1. The zero-order valence-corrected chi connectivity index (χ0v) is 13.2. The molecule has 0 amide bonds. The number of nitrogens with zero attached hydrogens (tertiary/aromatic N) is 2. The van der Waals surface area contributed by atoms with Crippen LogP contribution in [-0.2, 0) is 11.8 Å². The van der Waals surface area contributed by atoms with E-state index >= 15 is 0 Å². The van der Waals surface area contributed by atoms with Crippen LogP contribution in [0.4, 0.5) is 0 Å². The molecular formula is C17H30N2. The minimum atomic E-state index is 0.161. The first kappa shape index (κ1) is 16.1. The van der Waals surface area contributed by atoms with Crippen LogP contribution in [0.25, 0.3) is 0 Å². The second-order valence-electron chi connectivity index (χ2n) is 5.89. The monoisotopic (exact) mass is 262 g/mol. The van der Waals surface area contributed by atoms with Gasteiger partial charge in [-0.05, 0) is 24.8 Å². The largest absolute Gasteiger partial charge is 0.241 e. The standard InChI is InChI=1S/C17H30N2/c1-5-8-9-10-12-17(4,11-6-2)16-18-13-15(7-3)14-19-16/h13-14H,5-12H2,1-4H3. The highest BCUT2D eigenvalue weighted by molar-refractivity contribution is 5.11. The molecule has 0 aromatic carbocycles. The summed E-state index contributed by atoms with van der Waals surface area (Å²) in [5.74, 6) is 1.04. The van der Waals surface area contributed by atoms with E-state index in [0.29, 0.717) is 0 Å². The lowest BCUT2D eigenvalue weighted by atomic mass is 9.79. The van der Waals surface area contributed by atoms with Crippen molar-refractivity contribution in [3.8, 4) is 0 Å². The molecule has 19 heavy (non-hydrogen) atoms. The Hall–Kier alpha value is -0.920. The summed E-state index contributed by atoms with van der Waals surface area (Å²) in [5, 5.41) is 0. The molecule has 1 heterocycles. The molecule has 2 heteroatoms. The maximum atomic E-state index is 4.63. The molecule has 0 spiro atoms. The molecule has 0 aliphatic heterocycles. The van der Waals surface area contributed by atoms with Gasteiger partial charge in [0.05, 0.1) is 0 Å². The highest BCUT2D eigenvalue weighted by Crippen LogP contribution is 2.32. The molecule has 2 nitrogen and oxygen atoms in total. The lowest BCUT2D eigenvalue weighted by molar-refractivity contribution is 0.356. The molecule has 0 fully saturated rings. The van der Waals surface area contributed by atoms with Crippen LogP contribution in [0, 0.1) is 0 Å². The highest BCUT2D eigenvalue weighted by atomic mass is 14.9. The first-order valence-corrected chi connectivity index (χ1v) is 7.97. The Labute approximate surface area is 119 Å². The van der Waals surface area contributed by atoms with Crippen LogP contribution in [0.15, 0.2) is 12.4 Å². The summed E-state index contributed by atoms with van der Waals surface area (Å²) in [6, 6.07) is 0. The van der Waals surface area contributed by atoms with E-state index < -0.39 is 0 Å². The lowest BCUT2D eigenvalue weighted by Crippen LogP contribution is -2.25. The molecule has 0 radical (unpaired) electrons. The molecule has 1 unspecified atom stereocenters. The molecule has 1 rings (SSSR count). The van der Waals surface area contributed by atoms with E-state index in [1.54, 1.807) is 0 Å². The third-order valence-electron chi connectivity index (χ3n) is 4.04. The Bertz CT molecular complexity index is 345. The Morgan fingerprint density at radius 3 is 2.11 bits per heavy atom. The molecule has 1 aromatic rings. The Morgan fingerprint density at radius 1 is 0.895 bits per heavy atom. The fraction of sp³-hybridized carbons (Fsp3) is 0.765. The van der Waals surface area contributed by atoms with E-state index in [2.05, 4.69) is 37.7 Å². The van der Waals surface area contributed by atoms with Crippen LogP contribution in [0.5, 0.6) is 0 Å². The average molecular weight is 262 g/mol. The van der Waals surface area contributed by atoms with Gasteiger partial charge in [0.1, 0.15) is 5.82 Å². The predicted octanol–water partition coefficient (Wildman–Crippen LogP) is 5.07. The van der Waals surface area contributed by atoms with Crippen molar-refractivity contribution >= 4 is 0 Å². The smallest absolute Gasteiger partial charge is 0.134 e. The first-order chi connectivity index (χ1) is 9.16. The molecule has 0 aliphatic carbocycles. The Kier molecular flexibility index (Phi) is 7.04. The van der Waals surface area contributed by atoms with Crippen molar-refractivity contribution in [3.05, 3.63) is 23.8 Å². The number of aryl methyl sites for hydroxylation is 1. The number of hydrogen-bond donors (Lipinski definition) is 0. The summed E-state index contributed by atoms with van der Waals surface area (Å²) < 4.78 is 0. The topological polar surface area (TPSA) is 25.8 Å². The second-order valence-corrected chi connectivity index (χ2v) is 5.89. The maximum Gasteiger partial charge on any atom is 0.134 e. The van der Waals surface area contributed by atoms with Gasteiger partial charge in [0.15, 0.2) is 0 Å². The predicted molar refractivity (Wildman–Crippen MR) is 82.4 cm³/mol. The Balaban J connectivity index is 2.72. The van der Waals surface area contributed by atoms with Gasteiger partial charge in [-0.3, -0.25) is 0 Å². The van der Waals surface area contributed by atoms with Crippen LogP contribution in [0.1, 0.15) is 84.0 Å². The van der Waals surface area contributed by atoms with Crippen molar-refractivity contribution in [1.82, 2.24) is 9.97 Å². The minimum Gasteiger partial charge on any atom is -0.241 e. The van der Waals surface area contributed by atoms with Crippen molar-refractivity contribution in [2.75, 3.05) is 0 Å². The van der Waals surface area contributed by atoms with Gasteiger partial charge >= 0.3 is 0 Å². The van der Waals surface area contributed by atoms with E-state index in [-0.39, 0.29) is 5.41 Å². The summed E-state index contributed by atoms with van der Waals surface area (Å²) in [6.07, 6.45) is 13.9. The number of hydrogen-bond acceptors (Lipinski definition) is 2. The van der Waals surface area contributed by atoms with Crippen molar-refractivity contribution < 1.29 is 0 Å². The summed E-state index contributed by atoms with van der Waals surface area (Å²) in [6.45, 7) is 9.00. The second kappa shape index (κ2) is 8.29. The number of aromatic nitrogens is 2. The van der Waals surface area contributed by atoms with Gasteiger partial charge in [0.2, 0.25) is 0 Å². The van der Waals surface area contributed by atoms with Crippen LogP contribution in [0.3, 0.4) is 0 Å². The average Bonchev–Trinajstić information content (AvgIpc) is 2.44. The molecule has 108 valence electrons. The fourth-order valence-corrected chi connectivity index (χ4v) is 2.69. The minimum absolute atomic E-state index is 0.161. The van der Waals surface area contributed by atoms with Gasteiger partial charge in [0, 0.05) is 17.8 Å². The number of rotatable bonds is 9. The molecule has 0 bridgehead atoms. The van der Waals surface area contributed by atoms with Gasteiger partial charge in [-0.25, -0.2) is 9.97 Å². The summed E-state index contributed by atoms with van der Waals surface area (Å²) in [5.41, 5.74) is 1.39. The van der Waals surface area contributed by atoms with Gasteiger partial charge in [0.25, 0.3) is 0 Å². The molecule has 1 aromatic heterocycles. The Morgan fingerprint density at radius 2 is 1.58 bits per heavy atom. The summed E-state index contributed by atoms with van der Waals surface area (Å²) >= 11 is 0. The van der Waals surface area contributed by atoms with Crippen LogP contribution in [0.2, 0.25) is 0 Å². The van der Waals surface area contributed by atoms with Gasteiger partial charge < -0.3 is 0 Å². The molecule has 0 aliphatic rings. The lowest BCUT2D eigenvalue weighted by Gasteiger charge is -2.27. The molecule has 0 saturated heterocycles. The van der Waals surface area contributed by atoms with Gasteiger partial charge in [-0.15, -0.1) is 0 Å². The van der Waals surface area contributed by atoms with Crippen molar-refractivity contribution in [1.29, 1.82) is 0 Å². The quantitative estimate of drug-likeness (QED) is 0.581. The van der Waals surface area contributed by atoms with Gasteiger partial charge in [-0.2, -0.15) is 0 Å². The zero-order valence-electron chi connectivity index (χ0n) is 13.2. The van der Waals surface area contributed by atoms with E-state index in [1.807, 2.05) is 12.4 Å². The molecular weight excluding hydrogens is 232 g/mol. The normalized spacial score (nSPS) is 14.3. The highest BCUT2D eigenvalue weighted by Gasteiger charge is 2.28. The first-order valence-electron chi connectivity index (χ1n) is 7.97. The summed E-state index contributed by atoms with van der Waals surface area (Å²) in [7, 11) is 0. The van der Waals surface area contributed by atoms with Crippen LogP contribution in [-0.4, -0.2) is 9.97 Å². The third-order valence-corrected chi connectivity index (χ3v) is 4.04. The van der Waals surface area contributed by atoms with E-state index in [0.717, 1.165) is 12.2 Å². The van der Waals surface area contributed by atoms with Crippen molar-refractivity contribution in [3.63, 3.8) is 0 Å². The van der Waals surface area contributed by atoms with E-state index in [4.69, 9.17) is 0 Å².